The number of nitrogens with zero attached hydrogens (tertiary/aromatic N) is 2. The number of aromatic nitrogens is 3. The van der Waals surface area contributed by atoms with Crippen LogP contribution in [0.3, 0.4) is 0 Å². The Kier molecular flexibility index (Phi) is 3.34. The smallest absolute Gasteiger partial charge is 0.184 e. The number of sulfone groups is 1. The van der Waals surface area contributed by atoms with Crippen molar-refractivity contribution in [1.82, 2.24) is 15.4 Å². The van der Waals surface area contributed by atoms with Gasteiger partial charge in [0.05, 0.1) is 11.9 Å². The van der Waals surface area contributed by atoms with Crippen LogP contribution in [0.2, 0.25) is 0 Å². The van der Waals surface area contributed by atoms with E-state index in [-0.39, 0.29) is 23.7 Å². The van der Waals surface area contributed by atoms with Crippen LogP contribution in [-0.2, 0) is 9.84 Å². The van der Waals surface area contributed by atoms with Crippen molar-refractivity contribution in [2.24, 2.45) is 0 Å². The second kappa shape index (κ2) is 4.32. The molecule has 0 aliphatic rings. The van der Waals surface area contributed by atoms with E-state index in [0.717, 1.165) is 6.26 Å². The molecule has 78 valence electrons. The third-order valence-corrected chi connectivity index (χ3v) is 2.65. The molecule has 0 radical (unpaired) electrons. The largest absolute Gasteiger partial charge is 0.292 e. The Hall–Kier alpha value is -1.24. The van der Waals surface area contributed by atoms with Gasteiger partial charge in [0, 0.05) is 12.7 Å². The van der Waals surface area contributed by atoms with E-state index in [1.54, 1.807) is 0 Å². The van der Waals surface area contributed by atoms with E-state index in [9.17, 15) is 13.2 Å². The van der Waals surface area contributed by atoms with E-state index in [2.05, 4.69) is 15.4 Å². The molecule has 0 aromatic carbocycles. The van der Waals surface area contributed by atoms with Crippen molar-refractivity contribution in [2.75, 3.05) is 12.0 Å². The molecule has 0 unspecified atom stereocenters. The van der Waals surface area contributed by atoms with E-state index >= 15 is 0 Å². The molecule has 1 aromatic rings. The van der Waals surface area contributed by atoms with Crippen LogP contribution in [0.1, 0.15) is 23.3 Å². The molecule has 0 aliphatic heterocycles. The number of ketones is 1. The molecule has 1 rings (SSSR count). The highest BCUT2D eigenvalue weighted by Gasteiger charge is 2.10. The lowest BCUT2D eigenvalue weighted by Gasteiger charge is -1.96. The minimum absolute atomic E-state index is 0.0244. The maximum absolute atomic E-state index is 11.3. The van der Waals surface area contributed by atoms with E-state index in [4.69, 9.17) is 0 Å². The van der Waals surface area contributed by atoms with Gasteiger partial charge in [0.1, 0.15) is 15.5 Å². The van der Waals surface area contributed by atoms with Crippen molar-refractivity contribution >= 4 is 15.6 Å². The number of carbonyl (C=O) groups excluding carboxylic acids is 1. The van der Waals surface area contributed by atoms with Gasteiger partial charge in [-0.3, -0.25) is 4.79 Å². The lowest BCUT2D eigenvalue weighted by atomic mass is 10.2. The zero-order chi connectivity index (χ0) is 10.6. The quantitative estimate of drug-likeness (QED) is 0.690. The topological polar surface area (TPSA) is 92.8 Å². The van der Waals surface area contributed by atoms with Crippen LogP contribution in [0.5, 0.6) is 0 Å². The zero-order valence-corrected chi connectivity index (χ0v) is 8.54. The lowest BCUT2D eigenvalue weighted by Crippen LogP contribution is -2.06. The molecule has 0 bridgehead atoms. The lowest BCUT2D eigenvalue weighted by molar-refractivity contribution is 0.0977. The summed E-state index contributed by atoms with van der Waals surface area (Å²) in [5.41, 5.74) is 0.249. The molecule has 1 N–H and O–H groups in total. The second-order valence-corrected chi connectivity index (χ2v) is 5.27. The van der Waals surface area contributed by atoms with Crippen molar-refractivity contribution in [1.29, 1.82) is 0 Å². The van der Waals surface area contributed by atoms with E-state index in [0.29, 0.717) is 6.42 Å². The Bertz CT molecular complexity index is 396. The SMILES string of the molecule is CS(=O)(=O)CCCC(=O)c1cn[nH]n1. The minimum Gasteiger partial charge on any atom is -0.292 e. The summed E-state index contributed by atoms with van der Waals surface area (Å²) in [6, 6.07) is 0. The molecular weight excluding hydrogens is 206 g/mol. The number of hydrogen-bond donors (Lipinski definition) is 1. The Labute approximate surface area is 81.6 Å². The highest BCUT2D eigenvalue weighted by atomic mass is 32.2. The Morgan fingerprint density at radius 2 is 2.29 bits per heavy atom. The Morgan fingerprint density at radius 1 is 1.57 bits per heavy atom. The monoisotopic (exact) mass is 217 g/mol. The fourth-order valence-corrected chi connectivity index (χ4v) is 1.63. The average molecular weight is 217 g/mol. The zero-order valence-electron chi connectivity index (χ0n) is 7.73. The fraction of sp³-hybridized carbons (Fsp3) is 0.571. The fourth-order valence-electron chi connectivity index (χ4n) is 0.959. The minimum atomic E-state index is -2.98. The van der Waals surface area contributed by atoms with Crippen LogP contribution in [0, 0.1) is 0 Å². The number of rotatable bonds is 5. The molecule has 14 heavy (non-hydrogen) atoms. The third kappa shape index (κ3) is 3.65. The summed E-state index contributed by atoms with van der Waals surface area (Å²) >= 11 is 0. The maximum atomic E-state index is 11.3. The molecule has 0 saturated heterocycles. The summed E-state index contributed by atoms with van der Waals surface area (Å²) in [5.74, 6) is -0.168. The first kappa shape index (κ1) is 10.8. The molecule has 0 amide bonds. The van der Waals surface area contributed by atoms with Crippen molar-refractivity contribution in [3.8, 4) is 0 Å². The molecule has 0 spiro atoms. The van der Waals surface area contributed by atoms with Gasteiger partial charge in [-0.2, -0.15) is 15.4 Å². The van der Waals surface area contributed by atoms with E-state index in [1.807, 2.05) is 0 Å². The number of H-pyrrole nitrogens is 1. The molecule has 0 atom stereocenters. The van der Waals surface area contributed by atoms with Crippen molar-refractivity contribution in [2.45, 2.75) is 12.8 Å². The summed E-state index contributed by atoms with van der Waals surface area (Å²) in [7, 11) is -2.98. The second-order valence-electron chi connectivity index (χ2n) is 3.01. The van der Waals surface area contributed by atoms with E-state index < -0.39 is 9.84 Å². The number of hydrogen-bond acceptors (Lipinski definition) is 5. The third-order valence-electron chi connectivity index (χ3n) is 1.62. The van der Waals surface area contributed by atoms with Crippen LogP contribution in [0.4, 0.5) is 0 Å². The molecule has 0 saturated carbocycles. The number of aromatic amines is 1. The van der Waals surface area contributed by atoms with Crippen molar-refractivity contribution in [3.63, 3.8) is 0 Å². The summed E-state index contributed by atoms with van der Waals surface area (Å²) in [6.45, 7) is 0. The first-order chi connectivity index (χ1) is 6.49. The van der Waals surface area contributed by atoms with Crippen LogP contribution in [0.25, 0.3) is 0 Å². The van der Waals surface area contributed by atoms with Gasteiger partial charge >= 0.3 is 0 Å². The number of Topliss-reactive ketones (excluding diaryl/α,β-unsaturated/α-hetero) is 1. The predicted molar refractivity (Wildman–Crippen MR) is 49.7 cm³/mol. The van der Waals surface area contributed by atoms with Gasteiger partial charge in [-0.25, -0.2) is 8.42 Å². The molecule has 0 fully saturated rings. The summed E-state index contributed by atoms with van der Waals surface area (Å²) in [5, 5.41) is 9.40. The predicted octanol–water partition coefficient (Wildman–Crippen LogP) is -0.188. The number of nitrogens with one attached hydrogen (secondary N) is 1. The van der Waals surface area contributed by atoms with Crippen LogP contribution in [0.15, 0.2) is 6.20 Å². The van der Waals surface area contributed by atoms with Crippen LogP contribution in [-0.4, -0.2) is 41.6 Å². The highest BCUT2D eigenvalue weighted by molar-refractivity contribution is 7.90. The first-order valence-corrected chi connectivity index (χ1v) is 6.12. The van der Waals surface area contributed by atoms with E-state index in [1.165, 1.54) is 6.20 Å². The van der Waals surface area contributed by atoms with Gasteiger partial charge in [0.25, 0.3) is 0 Å². The standard InChI is InChI=1S/C7H11N3O3S/c1-14(12,13)4-2-3-7(11)6-5-8-10-9-6/h5H,2-4H2,1H3,(H,8,9,10). The maximum Gasteiger partial charge on any atom is 0.184 e. The molecule has 7 heteroatoms. The summed E-state index contributed by atoms with van der Waals surface area (Å²) < 4.78 is 21.5. The molecule has 6 nitrogen and oxygen atoms in total. The normalized spacial score (nSPS) is 11.5. The molecule has 1 aromatic heterocycles. The average Bonchev–Trinajstić information content (AvgIpc) is 2.53. The van der Waals surface area contributed by atoms with Gasteiger partial charge in [-0.1, -0.05) is 0 Å². The summed E-state index contributed by atoms with van der Waals surface area (Å²) in [6.07, 6.45) is 2.97. The van der Waals surface area contributed by atoms with Crippen molar-refractivity contribution < 1.29 is 13.2 Å². The van der Waals surface area contributed by atoms with Gasteiger partial charge in [-0.15, -0.1) is 0 Å². The molecule has 0 aliphatic carbocycles. The van der Waals surface area contributed by atoms with Gasteiger partial charge in [0.15, 0.2) is 5.78 Å². The van der Waals surface area contributed by atoms with Gasteiger partial charge in [0.2, 0.25) is 0 Å². The van der Waals surface area contributed by atoms with Crippen molar-refractivity contribution in [3.05, 3.63) is 11.9 Å². The molecule has 1 heterocycles. The summed E-state index contributed by atoms with van der Waals surface area (Å²) in [4.78, 5) is 11.3. The van der Waals surface area contributed by atoms with Crippen LogP contribution < -0.4 is 0 Å². The Balaban J connectivity index is 2.37. The number of carbonyl (C=O) groups is 1. The molecular formula is C7H11N3O3S. The highest BCUT2D eigenvalue weighted by Crippen LogP contribution is 2.01. The van der Waals surface area contributed by atoms with Gasteiger partial charge < -0.3 is 0 Å². The first-order valence-electron chi connectivity index (χ1n) is 4.06. The van der Waals surface area contributed by atoms with Gasteiger partial charge in [-0.05, 0) is 6.42 Å². The van der Waals surface area contributed by atoms with Crippen LogP contribution >= 0.6 is 0 Å². The Morgan fingerprint density at radius 3 is 2.79 bits per heavy atom.